The van der Waals surface area contributed by atoms with Gasteiger partial charge >= 0.3 is 0 Å². The topological polar surface area (TPSA) is 40.1 Å². The van der Waals surface area contributed by atoms with E-state index in [1.807, 2.05) is 24.1 Å². The fraction of sp³-hybridized carbons (Fsp3) is 0.611. The molecular formula is C18H30FIN4O. The van der Waals surface area contributed by atoms with Gasteiger partial charge in [-0.15, -0.1) is 24.0 Å². The predicted molar refractivity (Wildman–Crippen MR) is 113 cm³/mol. The lowest BCUT2D eigenvalue weighted by Gasteiger charge is -2.29. The van der Waals surface area contributed by atoms with E-state index in [0.29, 0.717) is 25.4 Å². The molecule has 0 saturated carbocycles. The maximum atomic E-state index is 14.4. The van der Waals surface area contributed by atoms with Gasteiger partial charge in [-0.2, -0.15) is 0 Å². The molecule has 25 heavy (non-hydrogen) atoms. The number of unbranched alkanes of at least 4 members (excludes halogenated alkanes) is 1. The summed E-state index contributed by atoms with van der Waals surface area (Å²) >= 11 is 0. The lowest BCUT2D eigenvalue weighted by molar-refractivity contribution is 0.122. The van der Waals surface area contributed by atoms with Crippen LogP contribution in [0.5, 0.6) is 0 Å². The van der Waals surface area contributed by atoms with Crippen LogP contribution >= 0.6 is 24.0 Å². The zero-order valence-corrected chi connectivity index (χ0v) is 17.8. The van der Waals surface area contributed by atoms with Gasteiger partial charge in [0.1, 0.15) is 5.82 Å². The van der Waals surface area contributed by atoms with Gasteiger partial charge in [-0.25, -0.2) is 4.39 Å². The van der Waals surface area contributed by atoms with Gasteiger partial charge in [-0.1, -0.05) is 19.4 Å². The number of nitrogens with zero attached hydrogens (tertiary/aromatic N) is 3. The first-order chi connectivity index (χ1) is 11.7. The van der Waals surface area contributed by atoms with Crippen molar-refractivity contribution >= 4 is 35.6 Å². The molecule has 0 spiro atoms. The third-order valence-electron chi connectivity index (χ3n) is 4.23. The molecule has 0 aliphatic carbocycles. The van der Waals surface area contributed by atoms with Crippen molar-refractivity contribution in [2.75, 3.05) is 51.8 Å². The van der Waals surface area contributed by atoms with Gasteiger partial charge in [-0.05, 0) is 24.1 Å². The van der Waals surface area contributed by atoms with Crippen LogP contribution in [-0.2, 0) is 11.3 Å². The van der Waals surface area contributed by atoms with Crippen LogP contribution in [0.1, 0.15) is 25.3 Å². The Labute approximate surface area is 167 Å². The van der Waals surface area contributed by atoms with Crippen LogP contribution in [0.2, 0.25) is 0 Å². The number of ether oxygens (including phenoxy) is 1. The third-order valence-corrected chi connectivity index (χ3v) is 4.23. The molecule has 1 aromatic carbocycles. The summed E-state index contributed by atoms with van der Waals surface area (Å²) in [7, 11) is 3.79. The summed E-state index contributed by atoms with van der Waals surface area (Å²) in [5.41, 5.74) is 1.57. The minimum absolute atomic E-state index is 0. The number of halogens is 2. The molecular weight excluding hydrogens is 434 g/mol. The van der Waals surface area contributed by atoms with Crippen LogP contribution in [0.4, 0.5) is 10.1 Å². The highest BCUT2D eigenvalue weighted by atomic mass is 127. The lowest BCUT2D eigenvalue weighted by Crippen LogP contribution is -2.39. The Morgan fingerprint density at radius 1 is 1.36 bits per heavy atom. The molecule has 0 bridgehead atoms. The van der Waals surface area contributed by atoms with E-state index in [-0.39, 0.29) is 29.8 Å². The molecule has 1 aliphatic heterocycles. The molecule has 0 unspecified atom stereocenters. The number of hydrogen-bond acceptors (Lipinski definition) is 3. The van der Waals surface area contributed by atoms with Crippen molar-refractivity contribution in [1.82, 2.24) is 10.2 Å². The zero-order chi connectivity index (χ0) is 17.4. The third kappa shape index (κ3) is 6.62. The molecule has 142 valence electrons. The normalized spacial score (nSPS) is 14.9. The Bertz CT molecular complexity index is 550. The van der Waals surface area contributed by atoms with E-state index >= 15 is 0 Å². The first-order valence-electron chi connectivity index (χ1n) is 8.68. The number of benzene rings is 1. The van der Waals surface area contributed by atoms with E-state index in [2.05, 4.69) is 22.1 Å². The molecule has 1 aliphatic rings. The van der Waals surface area contributed by atoms with Crippen molar-refractivity contribution in [3.8, 4) is 0 Å². The van der Waals surface area contributed by atoms with Crippen molar-refractivity contribution in [2.45, 2.75) is 26.3 Å². The Balaban J connectivity index is 0.00000312. The van der Waals surface area contributed by atoms with E-state index in [1.54, 1.807) is 13.1 Å². The maximum Gasteiger partial charge on any atom is 0.193 e. The maximum absolute atomic E-state index is 14.4. The summed E-state index contributed by atoms with van der Waals surface area (Å²) in [6.07, 6.45) is 2.27. The van der Waals surface area contributed by atoms with Crippen molar-refractivity contribution in [3.63, 3.8) is 0 Å². The number of guanidine groups is 1. The van der Waals surface area contributed by atoms with E-state index in [4.69, 9.17) is 4.74 Å². The van der Waals surface area contributed by atoms with Crippen LogP contribution in [0.3, 0.4) is 0 Å². The number of anilines is 1. The summed E-state index contributed by atoms with van der Waals surface area (Å²) < 4.78 is 19.7. The van der Waals surface area contributed by atoms with Gasteiger partial charge < -0.3 is 19.9 Å². The molecule has 1 saturated heterocycles. The van der Waals surface area contributed by atoms with Gasteiger partial charge in [-0.3, -0.25) is 4.99 Å². The molecule has 0 atom stereocenters. The standard InChI is InChI=1S/C18H29FN4O.HI/c1-4-5-8-22(3)18(20-2)21-14-15-6-7-17(16(19)13-15)23-9-11-24-12-10-23;/h6-7,13H,4-5,8-12,14H2,1-3H3,(H,20,21);1H. The highest BCUT2D eigenvalue weighted by molar-refractivity contribution is 14.0. The first-order valence-corrected chi connectivity index (χ1v) is 8.68. The summed E-state index contributed by atoms with van der Waals surface area (Å²) in [4.78, 5) is 8.42. The molecule has 5 nitrogen and oxygen atoms in total. The van der Waals surface area contributed by atoms with Gasteiger partial charge in [0.2, 0.25) is 0 Å². The molecule has 0 aromatic heterocycles. The zero-order valence-electron chi connectivity index (χ0n) is 15.4. The molecule has 7 heteroatoms. The molecule has 1 fully saturated rings. The Hall–Kier alpha value is -1.09. The first kappa shape index (κ1) is 22.0. The van der Waals surface area contributed by atoms with Crippen LogP contribution < -0.4 is 10.2 Å². The minimum Gasteiger partial charge on any atom is -0.378 e. The van der Waals surface area contributed by atoms with E-state index < -0.39 is 0 Å². The van der Waals surface area contributed by atoms with Crippen molar-refractivity contribution in [1.29, 1.82) is 0 Å². The van der Waals surface area contributed by atoms with E-state index in [0.717, 1.165) is 44.0 Å². The monoisotopic (exact) mass is 464 g/mol. The second-order valence-corrected chi connectivity index (χ2v) is 6.06. The van der Waals surface area contributed by atoms with Crippen molar-refractivity contribution < 1.29 is 9.13 Å². The lowest BCUT2D eigenvalue weighted by atomic mass is 10.1. The number of rotatable bonds is 6. The predicted octanol–water partition coefficient (Wildman–Crippen LogP) is 3.09. The van der Waals surface area contributed by atoms with Gasteiger partial charge in [0.15, 0.2) is 5.96 Å². The van der Waals surface area contributed by atoms with Gasteiger partial charge in [0.05, 0.1) is 18.9 Å². The van der Waals surface area contributed by atoms with Gasteiger partial charge in [0.25, 0.3) is 0 Å². The largest absolute Gasteiger partial charge is 0.378 e. The minimum atomic E-state index is -0.175. The Morgan fingerprint density at radius 3 is 2.68 bits per heavy atom. The summed E-state index contributed by atoms with van der Waals surface area (Å²) in [5, 5.41) is 3.30. The molecule has 1 heterocycles. The quantitative estimate of drug-likeness (QED) is 0.399. The number of hydrogen-bond donors (Lipinski definition) is 1. The fourth-order valence-corrected chi connectivity index (χ4v) is 2.79. The second-order valence-electron chi connectivity index (χ2n) is 6.06. The Kier molecular flexibility index (Phi) is 10.1. The molecule has 0 radical (unpaired) electrons. The molecule has 0 amide bonds. The molecule has 1 aromatic rings. The fourth-order valence-electron chi connectivity index (χ4n) is 2.79. The van der Waals surface area contributed by atoms with Crippen LogP contribution in [0.15, 0.2) is 23.2 Å². The highest BCUT2D eigenvalue weighted by Gasteiger charge is 2.15. The van der Waals surface area contributed by atoms with E-state index in [9.17, 15) is 4.39 Å². The van der Waals surface area contributed by atoms with Crippen LogP contribution in [-0.4, -0.2) is 57.8 Å². The number of morpholine rings is 1. The highest BCUT2D eigenvalue weighted by Crippen LogP contribution is 2.21. The summed E-state index contributed by atoms with van der Waals surface area (Å²) in [6, 6.07) is 5.44. The van der Waals surface area contributed by atoms with Gasteiger partial charge in [0, 0.05) is 40.3 Å². The van der Waals surface area contributed by atoms with E-state index in [1.165, 1.54) is 0 Å². The second kappa shape index (κ2) is 11.5. The summed E-state index contributed by atoms with van der Waals surface area (Å²) in [6.45, 7) is 6.48. The SMILES string of the molecule is CCCCN(C)C(=NC)NCc1ccc(N2CCOCC2)c(F)c1.I. The molecule has 2 rings (SSSR count). The molecule has 1 N–H and O–H groups in total. The van der Waals surface area contributed by atoms with Crippen molar-refractivity contribution in [2.24, 2.45) is 4.99 Å². The average molecular weight is 464 g/mol. The van der Waals surface area contributed by atoms with Crippen LogP contribution in [0, 0.1) is 5.82 Å². The average Bonchev–Trinajstić information content (AvgIpc) is 2.61. The smallest absolute Gasteiger partial charge is 0.193 e. The Morgan fingerprint density at radius 2 is 2.08 bits per heavy atom. The van der Waals surface area contributed by atoms with Crippen molar-refractivity contribution in [3.05, 3.63) is 29.6 Å². The number of aliphatic imine (C=N–C) groups is 1. The van der Waals surface area contributed by atoms with Crippen LogP contribution in [0.25, 0.3) is 0 Å². The number of nitrogens with one attached hydrogen (secondary N) is 1. The summed E-state index contributed by atoms with van der Waals surface area (Å²) in [5.74, 6) is 0.659.